The van der Waals surface area contributed by atoms with Gasteiger partial charge in [-0.1, -0.05) is 17.2 Å². The normalized spacial score (nSPS) is 11.3. The number of anilines is 1. The van der Waals surface area contributed by atoms with Crippen LogP contribution in [0.5, 0.6) is 5.75 Å². The third-order valence-electron chi connectivity index (χ3n) is 3.95. The first-order valence-electron chi connectivity index (χ1n) is 8.65. The molecule has 10 nitrogen and oxygen atoms in total. The summed E-state index contributed by atoms with van der Waals surface area (Å²) in [6, 6.07) is 7.96. The molecule has 1 unspecified atom stereocenters. The van der Waals surface area contributed by atoms with Crippen molar-refractivity contribution < 1.29 is 9.90 Å². The molecular weight excluding hydrogens is 392 g/mol. The summed E-state index contributed by atoms with van der Waals surface area (Å²) in [6.07, 6.45) is 3.55. The molecule has 1 amide bonds. The second kappa shape index (κ2) is 9.49. The number of azide groups is 1. The average Bonchev–Trinajstić information content (AvgIpc) is 3.24. The average molecular weight is 410 g/mol. The lowest BCUT2D eigenvalue weighted by molar-refractivity contribution is 0.0942. The van der Waals surface area contributed by atoms with E-state index in [1.165, 1.54) is 17.5 Å². The summed E-state index contributed by atoms with van der Waals surface area (Å²) in [5.41, 5.74) is 10.1. The fourth-order valence-corrected chi connectivity index (χ4v) is 3.35. The smallest absolute Gasteiger partial charge is 0.263 e. The Morgan fingerprint density at radius 2 is 2.10 bits per heavy atom. The van der Waals surface area contributed by atoms with Crippen molar-refractivity contribution in [3.63, 3.8) is 0 Å². The SMILES string of the molecule is CNc1nccc(-c2ncc(C(=O)NC(CN=[N+]=[N-])Cc3ccc(O)cc3)s2)n1. The van der Waals surface area contributed by atoms with Gasteiger partial charge in [-0.25, -0.2) is 15.0 Å². The molecular formula is C18H18N8O2S. The number of aromatic hydroxyl groups is 1. The number of aromatic nitrogens is 3. The third-order valence-corrected chi connectivity index (χ3v) is 4.97. The monoisotopic (exact) mass is 410 g/mol. The first-order valence-corrected chi connectivity index (χ1v) is 9.47. The lowest BCUT2D eigenvalue weighted by Crippen LogP contribution is -2.38. The van der Waals surface area contributed by atoms with E-state index in [2.05, 4.69) is 35.6 Å². The van der Waals surface area contributed by atoms with Crippen LogP contribution in [0.1, 0.15) is 15.2 Å². The van der Waals surface area contributed by atoms with Gasteiger partial charge in [0.05, 0.1) is 6.20 Å². The molecule has 0 bridgehead atoms. The number of phenols is 1. The number of hydrogen-bond donors (Lipinski definition) is 3. The largest absolute Gasteiger partial charge is 0.508 e. The zero-order valence-corrected chi connectivity index (χ0v) is 16.3. The van der Waals surface area contributed by atoms with Crippen LogP contribution in [0.3, 0.4) is 0 Å². The molecule has 0 spiro atoms. The van der Waals surface area contributed by atoms with Crippen LogP contribution in [0.15, 0.2) is 47.8 Å². The number of nitrogens with zero attached hydrogens (tertiary/aromatic N) is 6. The van der Waals surface area contributed by atoms with Crippen molar-refractivity contribution in [2.45, 2.75) is 12.5 Å². The van der Waals surface area contributed by atoms with E-state index in [0.29, 0.717) is 27.9 Å². The topological polar surface area (TPSA) is 149 Å². The number of phenolic OH excluding ortho intramolecular Hbond substituents is 1. The molecule has 0 fully saturated rings. The Morgan fingerprint density at radius 1 is 1.31 bits per heavy atom. The van der Waals surface area contributed by atoms with E-state index >= 15 is 0 Å². The maximum Gasteiger partial charge on any atom is 0.263 e. The highest BCUT2D eigenvalue weighted by Gasteiger charge is 2.17. The van der Waals surface area contributed by atoms with Crippen LogP contribution < -0.4 is 10.6 Å². The molecule has 2 heterocycles. The molecule has 0 aliphatic rings. The van der Waals surface area contributed by atoms with Gasteiger partial charge in [-0.3, -0.25) is 4.79 Å². The standard InChI is InChI=1S/C18H18N8O2S/c1-20-18-21-7-6-14(25-18)17-22-10-15(29-17)16(28)24-12(9-23-26-19)8-11-2-4-13(27)5-3-11/h2-7,10,12,27H,8-9H2,1H3,(H,24,28)(H,20,21,25). The van der Waals surface area contributed by atoms with Crippen molar-refractivity contribution >= 4 is 23.2 Å². The number of rotatable bonds is 8. The zero-order chi connectivity index (χ0) is 20.6. The quantitative estimate of drug-likeness (QED) is 0.295. The molecule has 3 N–H and O–H groups in total. The molecule has 0 saturated heterocycles. The molecule has 0 radical (unpaired) electrons. The Balaban J connectivity index is 1.72. The van der Waals surface area contributed by atoms with Crippen LogP contribution in [0.4, 0.5) is 5.95 Å². The maximum absolute atomic E-state index is 12.7. The molecule has 29 heavy (non-hydrogen) atoms. The van der Waals surface area contributed by atoms with Gasteiger partial charge >= 0.3 is 0 Å². The maximum atomic E-state index is 12.7. The molecule has 3 rings (SSSR count). The van der Waals surface area contributed by atoms with Crippen molar-refractivity contribution in [1.29, 1.82) is 0 Å². The molecule has 0 aliphatic carbocycles. The number of amides is 1. The summed E-state index contributed by atoms with van der Waals surface area (Å²) in [4.78, 5) is 28.5. The Bertz CT molecular complexity index is 1030. The minimum absolute atomic E-state index is 0.103. The van der Waals surface area contributed by atoms with Gasteiger partial charge in [0.2, 0.25) is 5.95 Å². The van der Waals surface area contributed by atoms with Crippen LogP contribution in [-0.2, 0) is 6.42 Å². The van der Waals surface area contributed by atoms with Crippen molar-refractivity contribution in [2.75, 3.05) is 18.9 Å². The summed E-state index contributed by atoms with van der Waals surface area (Å²) < 4.78 is 0. The van der Waals surface area contributed by atoms with Gasteiger partial charge in [0.1, 0.15) is 21.3 Å². The second-order valence-corrected chi connectivity index (χ2v) is 7.03. The van der Waals surface area contributed by atoms with Gasteiger partial charge < -0.3 is 15.7 Å². The first kappa shape index (κ1) is 20.1. The highest BCUT2D eigenvalue weighted by molar-refractivity contribution is 7.16. The number of carbonyl (C=O) groups is 1. The Hall–Kier alpha value is -3.69. The van der Waals surface area contributed by atoms with Gasteiger partial charge in [0.25, 0.3) is 5.91 Å². The van der Waals surface area contributed by atoms with E-state index in [1.807, 2.05) is 0 Å². The van der Waals surface area contributed by atoms with E-state index in [0.717, 1.165) is 5.56 Å². The summed E-state index contributed by atoms with van der Waals surface area (Å²) in [5, 5.41) is 19.3. The van der Waals surface area contributed by atoms with E-state index in [1.54, 1.807) is 43.6 Å². The molecule has 1 atom stereocenters. The first-order chi connectivity index (χ1) is 14.1. The van der Waals surface area contributed by atoms with Crippen LogP contribution in [0, 0.1) is 0 Å². The number of benzene rings is 1. The summed E-state index contributed by atoms with van der Waals surface area (Å²) >= 11 is 1.21. The van der Waals surface area contributed by atoms with E-state index in [9.17, 15) is 9.90 Å². The molecule has 0 saturated carbocycles. The van der Waals surface area contributed by atoms with Crippen LogP contribution in [0.2, 0.25) is 0 Å². The highest BCUT2D eigenvalue weighted by Crippen LogP contribution is 2.24. The molecule has 11 heteroatoms. The fourth-order valence-electron chi connectivity index (χ4n) is 2.57. The Kier molecular flexibility index (Phi) is 6.56. The minimum atomic E-state index is -0.400. The molecule has 1 aromatic carbocycles. The van der Waals surface area contributed by atoms with Crippen LogP contribution in [-0.4, -0.2) is 45.6 Å². The Labute approximate surface area is 170 Å². The predicted octanol–water partition coefficient (Wildman–Crippen LogP) is 3.00. The second-order valence-electron chi connectivity index (χ2n) is 6.00. The minimum Gasteiger partial charge on any atom is -0.508 e. The summed E-state index contributed by atoms with van der Waals surface area (Å²) in [7, 11) is 1.72. The van der Waals surface area contributed by atoms with Crippen molar-refractivity contribution in [1.82, 2.24) is 20.3 Å². The van der Waals surface area contributed by atoms with Crippen LogP contribution in [0.25, 0.3) is 21.1 Å². The van der Waals surface area contributed by atoms with Crippen LogP contribution >= 0.6 is 11.3 Å². The van der Waals surface area contributed by atoms with Gasteiger partial charge in [-0.15, -0.1) is 11.3 Å². The molecule has 2 aromatic heterocycles. The molecule has 148 valence electrons. The molecule has 0 aliphatic heterocycles. The van der Waals surface area contributed by atoms with Crippen molar-refractivity contribution in [3.8, 4) is 16.5 Å². The van der Waals surface area contributed by atoms with Gasteiger partial charge in [0.15, 0.2) is 0 Å². The van der Waals surface area contributed by atoms with Crippen molar-refractivity contribution in [2.24, 2.45) is 5.11 Å². The molecule has 3 aromatic rings. The Morgan fingerprint density at radius 3 is 2.83 bits per heavy atom. The van der Waals surface area contributed by atoms with E-state index in [4.69, 9.17) is 5.53 Å². The zero-order valence-electron chi connectivity index (χ0n) is 15.5. The lowest BCUT2D eigenvalue weighted by Gasteiger charge is -2.16. The predicted molar refractivity (Wildman–Crippen MR) is 110 cm³/mol. The number of thiazole rings is 1. The number of carbonyl (C=O) groups excluding carboxylic acids is 1. The highest BCUT2D eigenvalue weighted by atomic mass is 32.1. The van der Waals surface area contributed by atoms with Gasteiger partial charge in [0, 0.05) is 30.7 Å². The fraction of sp³-hybridized carbons (Fsp3) is 0.222. The van der Waals surface area contributed by atoms with E-state index < -0.39 is 6.04 Å². The number of nitrogens with one attached hydrogen (secondary N) is 2. The summed E-state index contributed by atoms with van der Waals surface area (Å²) in [5.74, 6) is 0.313. The lowest BCUT2D eigenvalue weighted by atomic mass is 10.1. The van der Waals surface area contributed by atoms with E-state index in [-0.39, 0.29) is 18.2 Å². The van der Waals surface area contributed by atoms with Crippen molar-refractivity contribution in [3.05, 3.63) is 63.6 Å². The van der Waals surface area contributed by atoms with Gasteiger partial charge in [-0.2, -0.15) is 0 Å². The summed E-state index contributed by atoms with van der Waals surface area (Å²) in [6.45, 7) is 0.103. The third kappa shape index (κ3) is 5.41. The number of hydrogen-bond acceptors (Lipinski definition) is 8. The van der Waals surface area contributed by atoms with Gasteiger partial charge in [-0.05, 0) is 35.7 Å².